The summed E-state index contributed by atoms with van der Waals surface area (Å²) in [5, 5.41) is 22.9. The molecular formula is C32H30O11. The van der Waals surface area contributed by atoms with Gasteiger partial charge < -0.3 is 47.1 Å². The summed E-state index contributed by atoms with van der Waals surface area (Å²) in [6.45, 7) is 6.46. The normalized spacial score (nSPS) is 21.9. The third-order valence-electron chi connectivity index (χ3n) is 7.74. The summed E-state index contributed by atoms with van der Waals surface area (Å²) in [6, 6.07) is 10.3. The average Bonchev–Trinajstić information content (AvgIpc) is 3.66. The van der Waals surface area contributed by atoms with Gasteiger partial charge >= 0.3 is 11.6 Å². The Morgan fingerprint density at radius 3 is 2.40 bits per heavy atom. The highest BCUT2D eigenvalue weighted by Gasteiger charge is 2.55. The third-order valence-corrected chi connectivity index (χ3v) is 7.74. The zero-order chi connectivity index (χ0) is 30.1. The van der Waals surface area contributed by atoms with Gasteiger partial charge in [-0.15, -0.1) is 0 Å². The first-order chi connectivity index (χ1) is 20.4. The second kappa shape index (κ2) is 9.61. The fourth-order valence-electron chi connectivity index (χ4n) is 5.22. The smallest absolute Gasteiger partial charge is 0.350 e. The van der Waals surface area contributed by atoms with Crippen LogP contribution in [0.2, 0.25) is 0 Å². The summed E-state index contributed by atoms with van der Waals surface area (Å²) in [6.07, 6.45) is 4.70. The first-order valence-electron chi connectivity index (χ1n) is 13.8. The van der Waals surface area contributed by atoms with Crippen molar-refractivity contribution in [2.75, 3.05) is 13.2 Å². The standard InChI is InChI=1S/C32H30O11/c1-30(2,35)21(33)15-38-29-25-20(9-12-37-25)14-18-7-10-32(42-27(18)29)41-22(31(3,4)43-32)16-39-28-24-19(8-11-36-24)13-17-5-6-23(34)40-26(17)28/h5-14,21-22,33,35H,15-16H2,1-4H3. The number of hydrogen-bond donors (Lipinski definition) is 2. The monoisotopic (exact) mass is 590 g/mol. The Balaban J connectivity index is 1.18. The van der Waals surface area contributed by atoms with Crippen molar-refractivity contribution in [3.8, 4) is 17.2 Å². The molecule has 224 valence electrons. The molecule has 1 spiro atoms. The number of benzene rings is 2. The van der Waals surface area contributed by atoms with Crippen molar-refractivity contribution < 1.29 is 47.1 Å². The van der Waals surface area contributed by atoms with Crippen LogP contribution in [-0.4, -0.2) is 52.8 Å². The Morgan fingerprint density at radius 1 is 0.953 bits per heavy atom. The Kier molecular flexibility index (Phi) is 6.16. The maximum Gasteiger partial charge on any atom is 0.350 e. The molecule has 11 nitrogen and oxygen atoms in total. The van der Waals surface area contributed by atoms with Crippen molar-refractivity contribution in [2.45, 2.75) is 57.1 Å². The van der Waals surface area contributed by atoms with Gasteiger partial charge in [-0.1, -0.05) is 0 Å². The van der Waals surface area contributed by atoms with E-state index in [0.717, 1.165) is 10.8 Å². The lowest BCUT2D eigenvalue weighted by Gasteiger charge is -2.31. The van der Waals surface area contributed by atoms with Crippen LogP contribution >= 0.6 is 0 Å². The van der Waals surface area contributed by atoms with Crippen molar-refractivity contribution >= 4 is 39.0 Å². The molecule has 43 heavy (non-hydrogen) atoms. The number of aliphatic hydroxyl groups is 2. The summed E-state index contributed by atoms with van der Waals surface area (Å²) >= 11 is 0. The molecule has 0 radical (unpaired) electrons. The van der Waals surface area contributed by atoms with Crippen molar-refractivity contribution in [2.24, 2.45) is 0 Å². The molecule has 3 atom stereocenters. The summed E-state index contributed by atoms with van der Waals surface area (Å²) in [4.78, 5) is 12.0. The van der Waals surface area contributed by atoms with Crippen LogP contribution in [0.4, 0.5) is 0 Å². The Labute approximate surface area is 244 Å². The molecule has 3 aromatic heterocycles. The van der Waals surface area contributed by atoms with Gasteiger partial charge in [-0.2, -0.15) is 0 Å². The van der Waals surface area contributed by atoms with E-state index in [1.165, 1.54) is 32.4 Å². The molecule has 0 bridgehead atoms. The molecule has 0 aliphatic carbocycles. The number of fused-ring (bicyclic) bond motifs is 4. The third kappa shape index (κ3) is 4.74. The van der Waals surface area contributed by atoms with Crippen LogP contribution in [0.3, 0.4) is 0 Å². The van der Waals surface area contributed by atoms with E-state index in [2.05, 4.69) is 0 Å². The molecule has 2 aliphatic heterocycles. The van der Waals surface area contributed by atoms with Gasteiger partial charge in [0.2, 0.25) is 11.5 Å². The van der Waals surface area contributed by atoms with E-state index < -0.39 is 35.0 Å². The number of aliphatic hydroxyl groups excluding tert-OH is 1. The van der Waals surface area contributed by atoms with Gasteiger partial charge in [-0.05, 0) is 64.1 Å². The molecule has 7 rings (SSSR count). The van der Waals surface area contributed by atoms with Crippen molar-refractivity contribution in [3.05, 3.63) is 71.0 Å². The van der Waals surface area contributed by atoms with Crippen molar-refractivity contribution in [1.82, 2.24) is 0 Å². The van der Waals surface area contributed by atoms with Gasteiger partial charge in [-0.25, -0.2) is 4.79 Å². The quantitative estimate of drug-likeness (QED) is 0.244. The van der Waals surface area contributed by atoms with E-state index in [0.29, 0.717) is 27.9 Å². The van der Waals surface area contributed by atoms with Crippen molar-refractivity contribution in [3.63, 3.8) is 0 Å². The minimum absolute atomic E-state index is 0.00464. The van der Waals surface area contributed by atoms with Crippen LogP contribution < -0.4 is 19.8 Å². The number of rotatable bonds is 7. The van der Waals surface area contributed by atoms with E-state index >= 15 is 0 Å². The van der Waals surface area contributed by atoms with E-state index in [9.17, 15) is 15.0 Å². The minimum Gasteiger partial charge on any atom is -0.483 e. The van der Waals surface area contributed by atoms with E-state index in [1.807, 2.05) is 26.0 Å². The van der Waals surface area contributed by atoms with Crippen LogP contribution in [0.1, 0.15) is 33.3 Å². The number of hydrogen-bond acceptors (Lipinski definition) is 11. The molecule has 1 saturated heterocycles. The second-order valence-corrected chi connectivity index (χ2v) is 11.8. The number of ether oxygens (including phenoxy) is 5. The molecule has 2 N–H and O–H groups in total. The molecule has 1 fully saturated rings. The van der Waals surface area contributed by atoms with Crippen LogP contribution in [0.15, 0.2) is 73.0 Å². The molecule has 11 heteroatoms. The average molecular weight is 591 g/mol. The zero-order valence-electron chi connectivity index (χ0n) is 23.9. The van der Waals surface area contributed by atoms with Crippen LogP contribution in [-0.2, 0) is 9.47 Å². The highest BCUT2D eigenvalue weighted by Crippen LogP contribution is 2.49. The Morgan fingerprint density at radius 2 is 1.65 bits per heavy atom. The Hall–Kier alpha value is -4.29. The van der Waals surface area contributed by atoms with Gasteiger partial charge in [0.25, 0.3) is 0 Å². The molecule has 2 aliphatic rings. The first-order valence-corrected chi connectivity index (χ1v) is 13.8. The summed E-state index contributed by atoms with van der Waals surface area (Å²) in [5.41, 5.74) is -1.01. The van der Waals surface area contributed by atoms with Crippen molar-refractivity contribution in [1.29, 1.82) is 0 Å². The molecule has 0 saturated carbocycles. The highest BCUT2D eigenvalue weighted by molar-refractivity contribution is 6.00. The van der Waals surface area contributed by atoms with E-state index in [-0.39, 0.29) is 30.3 Å². The SMILES string of the molecule is CC(C)(O)C(O)COc1c2c(cc3ccoc13)C=CC1(O2)OC(COc2c3occc3cc3ccc(=O)oc23)C(C)(C)O1. The van der Waals surface area contributed by atoms with Crippen LogP contribution in [0.5, 0.6) is 17.2 Å². The van der Waals surface area contributed by atoms with Crippen LogP contribution in [0.25, 0.3) is 39.0 Å². The lowest BCUT2D eigenvalue weighted by Crippen LogP contribution is -2.41. The fraction of sp³-hybridized carbons (Fsp3) is 0.344. The molecule has 5 aromatic rings. The second-order valence-electron chi connectivity index (χ2n) is 11.8. The Bertz CT molecular complexity index is 1940. The topological polar surface area (TPSA) is 143 Å². The van der Waals surface area contributed by atoms with Gasteiger partial charge in [0.05, 0.1) is 23.7 Å². The first kappa shape index (κ1) is 27.5. The van der Waals surface area contributed by atoms with Gasteiger partial charge in [0.1, 0.15) is 25.4 Å². The van der Waals surface area contributed by atoms with Gasteiger partial charge in [0.15, 0.2) is 22.5 Å². The molecule has 0 amide bonds. The van der Waals surface area contributed by atoms with Crippen LogP contribution in [0, 0.1) is 0 Å². The van der Waals surface area contributed by atoms with E-state index in [4.69, 9.17) is 36.9 Å². The molecule has 3 unspecified atom stereocenters. The zero-order valence-corrected chi connectivity index (χ0v) is 23.9. The summed E-state index contributed by atoms with van der Waals surface area (Å²) < 4.78 is 48.2. The largest absolute Gasteiger partial charge is 0.483 e. The summed E-state index contributed by atoms with van der Waals surface area (Å²) in [7, 11) is 0. The summed E-state index contributed by atoms with van der Waals surface area (Å²) in [5.74, 6) is -0.829. The van der Waals surface area contributed by atoms with Gasteiger partial charge in [0, 0.05) is 33.9 Å². The minimum atomic E-state index is -1.64. The maximum atomic E-state index is 12.0. The number of furan rings is 2. The fourth-order valence-corrected chi connectivity index (χ4v) is 5.22. The van der Waals surface area contributed by atoms with E-state index in [1.54, 1.807) is 30.4 Å². The highest BCUT2D eigenvalue weighted by atomic mass is 16.9. The predicted molar refractivity (Wildman–Crippen MR) is 154 cm³/mol. The molecule has 5 heterocycles. The lowest BCUT2D eigenvalue weighted by molar-refractivity contribution is -0.271. The molecule has 2 aromatic carbocycles. The lowest BCUT2D eigenvalue weighted by atomic mass is 10.0. The predicted octanol–water partition coefficient (Wildman–Crippen LogP) is 5.13. The van der Waals surface area contributed by atoms with Gasteiger partial charge in [-0.3, -0.25) is 0 Å². The maximum absolute atomic E-state index is 12.0. The molecular weight excluding hydrogens is 560 g/mol.